The number of amides is 1. The molecule has 0 unspecified atom stereocenters. The molecule has 7 heteroatoms. The molecule has 0 saturated carbocycles. The molecule has 1 heterocycles. The van der Waals surface area contributed by atoms with E-state index in [2.05, 4.69) is 27.8 Å². The highest BCUT2D eigenvalue weighted by molar-refractivity contribution is 8.01. The van der Waals surface area contributed by atoms with E-state index in [0.717, 1.165) is 39.3 Å². The molecule has 0 atom stereocenters. The van der Waals surface area contributed by atoms with Crippen molar-refractivity contribution in [1.82, 2.24) is 10.2 Å². The van der Waals surface area contributed by atoms with Gasteiger partial charge in [0.1, 0.15) is 0 Å². The molecule has 2 rings (SSSR count). The molecule has 0 aliphatic heterocycles. The van der Waals surface area contributed by atoms with E-state index in [0.29, 0.717) is 5.75 Å². The van der Waals surface area contributed by atoms with Gasteiger partial charge in [-0.25, -0.2) is 0 Å². The number of aromatic nitrogens is 2. The minimum Gasteiger partial charge on any atom is -0.360 e. The van der Waals surface area contributed by atoms with Gasteiger partial charge in [-0.2, -0.15) is 0 Å². The number of benzene rings is 1. The second-order valence-corrected chi connectivity index (χ2v) is 6.90. The van der Waals surface area contributed by atoms with Crippen molar-refractivity contribution in [3.8, 4) is 0 Å². The number of carbonyl (C=O) groups is 1. The van der Waals surface area contributed by atoms with E-state index in [-0.39, 0.29) is 5.91 Å². The Bertz CT molecular complexity index is 642. The summed E-state index contributed by atoms with van der Waals surface area (Å²) in [4.78, 5) is 12.1. The molecule has 0 aliphatic rings. The number of aryl methyl sites for hydroxylation is 2. The standard InChI is InChI=1S/C15H20N4OS2/c1-4-11-8-6-7-10(3)13(11)17-12(20)9-21-15-19-18-14(22-15)16-5-2/h6-8H,4-5,9H2,1-3H3,(H,16,18)(H,17,20). The molecule has 0 aliphatic carbocycles. The van der Waals surface area contributed by atoms with Crippen LogP contribution in [-0.4, -0.2) is 28.4 Å². The average molecular weight is 336 g/mol. The first-order valence-corrected chi connectivity index (χ1v) is 9.02. The largest absolute Gasteiger partial charge is 0.360 e. The zero-order valence-electron chi connectivity index (χ0n) is 13.0. The number of anilines is 2. The van der Waals surface area contributed by atoms with Crippen LogP contribution in [0.25, 0.3) is 0 Å². The Balaban J connectivity index is 1.93. The van der Waals surface area contributed by atoms with E-state index >= 15 is 0 Å². The fraction of sp³-hybridized carbons (Fsp3) is 0.400. The molecule has 5 nitrogen and oxygen atoms in total. The van der Waals surface area contributed by atoms with Crippen LogP contribution in [0.15, 0.2) is 22.5 Å². The van der Waals surface area contributed by atoms with Crippen LogP contribution in [0, 0.1) is 6.92 Å². The van der Waals surface area contributed by atoms with Crippen molar-refractivity contribution in [2.45, 2.75) is 31.5 Å². The van der Waals surface area contributed by atoms with Gasteiger partial charge in [0.25, 0.3) is 0 Å². The quantitative estimate of drug-likeness (QED) is 0.757. The molecule has 22 heavy (non-hydrogen) atoms. The Hall–Kier alpha value is -1.60. The maximum atomic E-state index is 12.1. The fourth-order valence-electron chi connectivity index (χ4n) is 2.00. The van der Waals surface area contributed by atoms with Crippen molar-refractivity contribution in [3.63, 3.8) is 0 Å². The van der Waals surface area contributed by atoms with Gasteiger partial charge in [0.15, 0.2) is 4.34 Å². The Labute approximate surface area is 138 Å². The van der Waals surface area contributed by atoms with Crippen molar-refractivity contribution in [1.29, 1.82) is 0 Å². The third kappa shape index (κ3) is 4.45. The number of nitrogens with one attached hydrogen (secondary N) is 2. The summed E-state index contributed by atoms with van der Waals surface area (Å²) in [5.41, 5.74) is 3.17. The summed E-state index contributed by atoms with van der Waals surface area (Å²) in [5, 5.41) is 15.0. The summed E-state index contributed by atoms with van der Waals surface area (Å²) in [7, 11) is 0. The van der Waals surface area contributed by atoms with Crippen molar-refractivity contribution in [2.24, 2.45) is 0 Å². The fourth-order valence-corrected chi connectivity index (χ4v) is 3.62. The van der Waals surface area contributed by atoms with Crippen molar-refractivity contribution < 1.29 is 4.79 Å². The smallest absolute Gasteiger partial charge is 0.234 e. The summed E-state index contributed by atoms with van der Waals surface area (Å²) in [6.07, 6.45) is 0.896. The first kappa shape index (κ1) is 16.8. The van der Waals surface area contributed by atoms with Crippen LogP contribution in [-0.2, 0) is 11.2 Å². The van der Waals surface area contributed by atoms with Gasteiger partial charge in [0.2, 0.25) is 11.0 Å². The zero-order valence-corrected chi connectivity index (χ0v) is 14.6. The van der Waals surface area contributed by atoms with Crippen LogP contribution in [0.5, 0.6) is 0 Å². The van der Waals surface area contributed by atoms with Gasteiger partial charge in [-0.15, -0.1) is 10.2 Å². The molecule has 1 aromatic carbocycles. The predicted octanol–water partition coefficient (Wildman–Crippen LogP) is 3.57. The second kappa shape index (κ2) is 8.14. The average Bonchev–Trinajstić information content (AvgIpc) is 2.95. The molecule has 1 aromatic heterocycles. The van der Waals surface area contributed by atoms with Gasteiger partial charge >= 0.3 is 0 Å². The molecule has 118 valence electrons. The number of para-hydroxylation sites is 1. The molecular formula is C15H20N4OS2. The minimum absolute atomic E-state index is 0.0193. The van der Waals surface area contributed by atoms with E-state index in [1.54, 1.807) is 0 Å². The maximum absolute atomic E-state index is 12.1. The summed E-state index contributed by atoms with van der Waals surface area (Å²) in [5.74, 6) is 0.312. The van der Waals surface area contributed by atoms with Crippen LogP contribution in [0.4, 0.5) is 10.8 Å². The predicted molar refractivity (Wildman–Crippen MR) is 94.0 cm³/mol. The number of carbonyl (C=O) groups excluding carboxylic acids is 1. The molecule has 0 spiro atoms. The first-order chi connectivity index (χ1) is 10.6. The Kier molecular flexibility index (Phi) is 6.21. The summed E-state index contributed by atoms with van der Waals surface area (Å²) >= 11 is 2.87. The Morgan fingerprint density at radius 3 is 2.86 bits per heavy atom. The third-order valence-electron chi connectivity index (χ3n) is 3.07. The van der Waals surface area contributed by atoms with Crippen LogP contribution in [0.3, 0.4) is 0 Å². The molecule has 0 bridgehead atoms. The monoisotopic (exact) mass is 336 g/mol. The van der Waals surface area contributed by atoms with Gasteiger partial charge in [-0.1, -0.05) is 48.2 Å². The first-order valence-electron chi connectivity index (χ1n) is 7.22. The number of hydrogen-bond donors (Lipinski definition) is 2. The number of thioether (sulfide) groups is 1. The van der Waals surface area contributed by atoms with Crippen LogP contribution in [0.1, 0.15) is 25.0 Å². The maximum Gasteiger partial charge on any atom is 0.234 e. The summed E-state index contributed by atoms with van der Waals surface area (Å²) < 4.78 is 0.798. The van der Waals surface area contributed by atoms with Crippen LogP contribution in [0.2, 0.25) is 0 Å². The van der Waals surface area contributed by atoms with Gasteiger partial charge in [0, 0.05) is 12.2 Å². The second-order valence-electron chi connectivity index (χ2n) is 4.70. The number of rotatable bonds is 7. The summed E-state index contributed by atoms with van der Waals surface area (Å²) in [6.45, 7) is 6.92. The van der Waals surface area contributed by atoms with Gasteiger partial charge < -0.3 is 10.6 Å². The van der Waals surface area contributed by atoms with Gasteiger partial charge in [-0.05, 0) is 31.4 Å². The minimum atomic E-state index is -0.0193. The van der Waals surface area contributed by atoms with E-state index in [4.69, 9.17) is 0 Å². The van der Waals surface area contributed by atoms with Crippen molar-refractivity contribution >= 4 is 39.8 Å². The van der Waals surface area contributed by atoms with Crippen LogP contribution < -0.4 is 10.6 Å². The molecule has 0 saturated heterocycles. The van der Waals surface area contributed by atoms with Crippen LogP contribution >= 0.6 is 23.1 Å². The third-order valence-corrected chi connectivity index (χ3v) is 5.08. The lowest BCUT2D eigenvalue weighted by Crippen LogP contribution is -2.16. The van der Waals surface area contributed by atoms with E-state index in [9.17, 15) is 4.79 Å². The topological polar surface area (TPSA) is 66.9 Å². The Morgan fingerprint density at radius 2 is 2.14 bits per heavy atom. The lowest BCUT2D eigenvalue weighted by atomic mass is 10.1. The van der Waals surface area contributed by atoms with Gasteiger partial charge in [-0.3, -0.25) is 4.79 Å². The van der Waals surface area contributed by atoms with E-state index in [1.165, 1.54) is 23.1 Å². The lowest BCUT2D eigenvalue weighted by molar-refractivity contribution is -0.113. The van der Waals surface area contributed by atoms with E-state index < -0.39 is 0 Å². The highest BCUT2D eigenvalue weighted by Gasteiger charge is 2.11. The number of nitrogens with zero attached hydrogens (tertiary/aromatic N) is 2. The highest BCUT2D eigenvalue weighted by Crippen LogP contribution is 2.26. The molecule has 2 aromatic rings. The zero-order chi connectivity index (χ0) is 15.9. The molecule has 1 amide bonds. The van der Waals surface area contributed by atoms with E-state index in [1.807, 2.05) is 32.0 Å². The Morgan fingerprint density at radius 1 is 1.32 bits per heavy atom. The summed E-state index contributed by atoms with van der Waals surface area (Å²) in [6, 6.07) is 6.07. The molecule has 2 N–H and O–H groups in total. The van der Waals surface area contributed by atoms with Gasteiger partial charge in [0.05, 0.1) is 5.75 Å². The molecule has 0 fully saturated rings. The number of hydrogen-bond acceptors (Lipinski definition) is 6. The SMILES string of the molecule is CCNc1nnc(SCC(=O)Nc2c(C)cccc2CC)s1. The normalized spacial score (nSPS) is 10.5. The molecular weight excluding hydrogens is 316 g/mol. The van der Waals surface area contributed by atoms with Crippen molar-refractivity contribution in [2.75, 3.05) is 22.9 Å². The highest BCUT2D eigenvalue weighted by atomic mass is 32.2. The van der Waals surface area contributed by atoms with Crippen molar-refractivity contribution in [3.05, 3.63) is 29.3 Å². The lowest BCUT2D eigenvalue weighted by Gasteiger charge is -2.12. The molecule has 0 radical (unpaired) electrons.